The van der Waals surface area contributed by atoms with Gasteiger partial charge < -0.3 is 4.90 Å². The van der Waals surface area contributed by atoms with Gasteiger partial charge in [0.1, 0.15) is 0 Å². The van der Waals surface area contributed by atoms with E-state index < -0.39 is 0 Å². The number of hydrogen-bond acceptors (Lipinski definition) is 1. The molecule has 0 rings (SSSR count). The topological polar surface area (TPSA) is 20.3 Å². The lowest BCUT2D eigenvalue weighted by Gasteiger charge is -2.29. The summed E-state index contributed by atoms with van der Waals surface area (Å²) in [6.45, 7) is 9.05. The van der Waals surface area contributed by atoms with E-state index in [2.05, 4.69) is 29.8 Å². The van der Waals surface area contributed by atoms with Gasteiger partial charge in [0.05, 0.1) is 4.83 Å². The lowest BCUT2D eigenvalue weighted by Crippen LogP contribution is -2.42. The Balaban J connectivity index is 4.31. The maximum Gasteiger partial charge on any atom is 0.236 e. The highest BCUT2D eigenvalue weighted by molar-refractivity contribution is 9.10. The molecule has 0 spiro atoms. The van der Waals surface area contributed by atoms with Crippen LogP contribution < -0.4 is 0 Å². The van der Waals surface area contributed by atoms with E-state index in [0.29, 0.717) is 6.04 Å². The van der Waals surface area contributed by atoms with Crippen LogP contribution in [-0.2, 0) is 4.79 Å². The molecular formula is C10H20BrNO. The Labute approximate surface area is 89.8 Å². The molecule has 0 radical (unpaired) electrons. The second-order valence-corrected chi connectivity index (χ2v) is 4.36. The Hall–Kier alpha value is -0.0500. The molecule has 0 aliphatic carbocycles. The largest absolute Gasteiger partial charge is 0.339 e. The van der Waals surface area contributed by atoms with Gasteiger partial charge in [0, 0.05) is 12.6 Å². The van der Waals surface area contributed by atoms with Crippen molar-refractivity contribution in [3.63, 3.8) is 0 Å². The first kappa shape index (κ1) is 12.9. The molecule has 0 fully saturated rings. The molecule has 0 aromatic rings. The van der Waals surface area contributed by atoms with Gasteiger partial charge in [-0.25, -0.2) is 0 Å². The molecule has 0 aromatic heterocycles. The molecule has 0 aromatic carbocycles. The second-order valence-electron chi connectivity index (χ2n) is 3.26. The van der Waals surface area contributed by atoms with Crippen molar-refractivity contribution in [2.45, 2.75) is 51.4 Å². The van der Waals surface area contributed by atoms with E-state index in [9.17, 15) is 4.79 Å². The van der Waals surface area contributed by atoms with Crippen molar-refractivity contribution in [1.29, 1.82) is 0 Å². The fourth-order valence-corrected chi connectivity index (χ4v) is 1.52. The van der Waals surface area contributed by atoms with Crippen molar-refractivity contribution in [3.8, 4) is 0 Å². The number of rotatable bonds is 5. The Morgan fingerprint density at radius 3 is 2.15 bits per heavy atom. The zero-order valence-electron chi connectivity index (χ0n) is 9.01. The van der Waals surface area contributed by atoms with E-state index in [4.69, 9.17) is 0 Å². The lowest BCUT2D eigenvalue weighted by atomic mass is 10.2. The second kappa shape index (κ2) is 6.41. The molecule has 2 unspecified atom stereocenters. The van der Waals surface area contributed by atoms with Crippen LogP contribution in [-0.4, -0.2) is 28.2 Å². The van der Waals surface area contributed by atoms with Gasteiger partial charge in [0.15, 0.2) is 0 Å². The van der Waals surface area contributed by atoms with Gasteiger partial charge in [-0.1, -0.05) is 29.8 Å². The summed E-state index contributed by atoms with van der Waals surface area (Å²) in [6.07, 6.45) is 1.87. The first-order valence-electron chi connectivity index (χ1n) is 5.02. The molecule has 78 valence electrons. The lowest BCUT2D eigenvalue weighted by molar-refractivity contribution is -0.132. The van der Waals surface area contributed by atoms with Crippen molar-refractivity contribution in [1.82, 2.24) is 4.90 Å². The standard InChI is InChI=1S/C10H20BrNO/c1-5-8(4)12(7-3)10(13)9(11)6-2/h8-9H,5-7H2,1-4H3. The summed E-state index contributed by atoms with van der Waals surface area (Å²) in [6, 6.07) is 0.351. The minimum Gasteiger partial charge on any atom is -0.339 e. The normalized spacial score (nSPS) is 15.2. The molecule has 0 N–H and O–H groups in total. The Bertz CT molecular complexity index is 161. The molecule has 1 amide bonds. The third-order valence-corrected chi connectivity index (χ3v) is 3.41. The SMILES string of the molecule is CCC(Br)C(=O)N(CC)C(C)CC. The molecule has 2 nitrogen and oxygen atoms in total. The molecule has 0 saturated carbocycles. The summed E-state index contributed by atoms with van der Waals surface area (Å²) in [5.74, 6) is 0.222. The molecule has 2 atom stereocenters. The third-order valence-electron chi connectivity index (χ3n) is 2.37. The van der Waals surface area contributed by atoms with Crippen LogP contribution in [0.25, 0.3) is 0 Å². The average molecular weight is 250 g/mol. The molecule has 0 aliphatic rings. The average Bonchev–Trinajstić information content (AvgIpc) is 2.17. The molecule has 0 heterocycles. The van der Waals surface area contributed by atoms with Crippen molar-refractivity contribution in [3.05, 3.63) is 0 Å². The Morgan fingerprint density at radius 2 is 1.85 bits per heavy atom. The number of nitrogens with zero attached hydrogens (tertiary/aromatic N) is 1. The highest BCUT2D eigenvalue weighted by Crippen LogP contribution is 2.12. The predicted octanol–water partition coefficient (Wildman–Crippen LogP) is 2.81. The van der Waals surface area contributed by atoms with E-state index in [0.717, 1.165) is 19.4 Å². The summed E-state index contributed by atoms with van der Waals surface area (Å²) in [5, 5.41) is 0. The number of alkyl halides is 1. The first-order chi connectivity index (χ1) is 6.08. The van der Waals surface area contributed by atoms with E-state index >= 15 is 0 Å². The van der Waals surface area contributed by atoms with Crippen molar-refractivity contribution >= 4 is 21.8 Å². The Kier molecular flexibility index (Phi) is 6.39. The quantitative estimate of drug-likeness (QED) is 0.687. The van der Waals surface area contributed by atoms with Crippen LogP contribution in [0.15, 0.2) is 0 Å². The zero-order chi connectivity index (χ0) is 10.4. The van der Waals surface area contributed by atoms with Gasteiger partial charge in [-0.3, -0.25) is 4.79 Å². The summed E-state index contributed by atoms with van der Waals surface area (Å²) >= 11 is 3.39. The molecule has 0 saturated heterocycles. The van der Waals surface area contributed by atoms with E-state index in [1.54, 1.807) is 0 Å². The van der Waals surface area contributed by atoms with Gasteiger partial charge >= 0.3 is 0 Å². The number of halogens is 1. The molecular weight excluding hydrogens is 230 g/mol. The van der Waals surface area contributed by atoms with Gasteiger partial charge in [-0.2, -0.15) is 0 Å². The van der Waals surface area contributed by atoms with Gasteiger partial charge in [0.2, 0.25) is 5.91 Å². The highest BCUT2D eigenvalue weighted by Gasteiger charge is 2.22. The van der Waals surface area contributed by atoms with Crippen LogP contribution in [0.5, 0.6) is 0 Å². The van der Waals surface area contributed by atoms with Crippen LogP contribution in [0, 0.1) is 0 Å². The summed E-state index contributed by atoms with van der Waals surface area (Å²) in [7, 11) is 0. The van der Waals surface area contributed by atoms with Gasteiger partial charge in [-0.05, 0) is 26.7 Å². The van der Waals surface area contributed by atoms with E-state index in [1.165, 1.54) is 0 Å². The maximum absolute atomic E-state index is 11.8. The first-order valence-corrected chi connectivity index (χ1v) is 5.94. The molecule has 0 bridgehead atoms. The monoisotopic (exact) mass is 249 g/mol. The third kappa shape index (κ3) is 3.67. The van der Waals surface area contributed by atoms with Crippen LogP contribution >= 0.6 is 15.9 Å². The highest BCUT2D eigenvalue weighted by atomic mass is 79.9. The number of carbonyl (C=O) groups excluding carboxylic acids is 1. The smallest absolute Gasteiger partial charge is 0.236 e. The Morgan fingerprint density at radius 1 is 1.31 bits per heavy atom. The van der Waals surface area contributed by atoms with E-state index in [1.807, 2.05) is 18.7 Å². The maximum atomic E-state index is 11.8. The van der Waals surface area contributed by atoms with Crippen LogP contribution in [0.2, 0.25) is 0 Å². The van der Waals surface area contributed by atoms with Crippen molar-refractivity contribution in [2.75, 3.05) is 6.54 Å². The number of amides is 1. The minimum atomic E-state index is -0.0125. The number of carbonyl (C=O) groups is 1. The molecule has 0 aliphatic heterocycles. The van der Waals surface area contributed by atoms with Crippen molar-refractivity contribution < 1.29 is 4.79 Å². The fraction of sp³-hybridized carbons (Fsp3) is 0.900. The van der Waals surface area contributed by atoms with Crippen molar-refractivity contribution in [2.24, 2.45) is 0 Å². The fourth-order valence-electron chi connectivity index (χ4n) is 1.26. The summed E-state index contributed by atoms with van der Waals surface area (Å²) in [5.41, 5.74) is 0. The van der Waals surface area contributed by atoms with E-state index in [-0.39, 0.29) is 10.7 Å². The predicted molar refractivity (Wildman–Crippen MR) is 60.1 cm³/mol. The van der Waals surface area contributed by atoms with Gasteiger partial charge in [-0.15, -0.1) is 0 Å². The summed E-state index contributed by atoms with van der Waals surface area (Å²) in [4.78, 5) is 13.7. The molecule has 13 heavy (non-hydrogen) atoms. The number of hydrogen-bond donors (Lipinski definition) is 0. The van der Waals surface area contributed by atoms with Crippen LogP contribution in [0.4, 0.5) is 0 Å². The van der Waals surface area contributed by atoms with Crippen LogP contribution in [0.3, 0.4) is 0 Å². The summed E-state index contributed by atoms with van der Waals surface area (Å²) < 4.78 is 0. The van der Waals surface area contributed by atoms with Crippen LogP contribution in [0.1, 0.15) is 40.5 Å². The minimum absolute atomic E-state index is 0.0125. The van der Waals surface area contributed by atoms with Gasteiger partial charge in [0.25, 0.3) is 0 Å². The zero-order valence-corrected chi connectivity index (χ0v) is 10.6. The molecule has 3 heteroatoms.